The molecule has 0 saturated carbocycles. The molecule has 1 unspecified atom stereocenters. The zero-order valence-corrected chi connectivity index (χ0v) is 14.9. The third-order valence-electron chi connectivity index (χ3n) is 4.06. The number of rotatable bonds is 4. The smallest absolute Gasteiger partial charge is 0.322 e. The van der Waals surface area contributed by atoms with Crippen molar-refractivity contribution in [1.82, 2.24) is 9.71 Å². The largest absolute Gasteiger partial charge is 0.417 e. The second-order valence-electron chi connectivity index (χ2n) is 6.01. The van der Waals surface area contributed by atoms with Gasteiger partial charge in [-0.25, -0.2) is 13.1 Å². The van der Waals surface area contributed by atoms with Crippen molar-refractivity contribution >= 4 is 20.9 Å². The molecule has 1 heterocycles. The van der Waals surface area contributed by atoms with E-state index in [0.29, 0.717) is 11.6 Å². The fourth-order valence-corrected chi connectivity index (χ4v) is 4.00. The SMILES string of the molecule is CC(NS(=O)(=O)c1ccc2[nH]c(=O)cc(C(F)(F)F)c2c1)c1ccccc1. The summed E-state index contributed by atoms with van der Waals surface area (Å²) in [5.41, 5.74) is -1.48. The molecule has 0 aliphatic carbocycles. The monoisotopic (exact) mass is 396 g/mol. The Morgan fingerprint density at radius 3 is 2.33 bits per heavy atom. The molecule has 142 valence electrons. The van der Waals surface area contributed by atoms with Crippen LogP contribution in [0.25, 0.3) is 10.9 Å². The number of hydrogen-bond acceptors (Lipinski definition) is 3. The third-order valence-corrected chi connectivity index (χ3v) is 5.60. The highest BCUT2D eigenvalue weighted by atomic mass is 32.2. The molecule has 5 nitrogen and oxygen atoms in total. The zero-order chi connectivity index (χ0) is 19.8. The number of fused-ring (bicyclic) bond motifs is 1. The van der Waals surface area contributed by atoms with Crippen molar-refractivity contribution in [3.63, 3.8) is 0 Å². The zero-order valence-electron chi connectivity index (χ0n) is 14.0. The topological polar surface area (TPSA) is 79.0 Å². The predicted octanol–water partition coefficient (Wildman–Crippen LogP) is 3.59. The Balaban J connectivity index is 2.06. The van der Waals surface area contributed by atoms with Crippen LogP contribution < -0.4 is 10.3 Å². The van der Waals surface area contributed by atoms with Gasteiger partial charge in [0.15, 0.2) is 0 Å². The van der Waals surface area contributed by atoms with Crippen LogP contribution in [0.4, 0.5) is 13.2 Å². The van der Waals surface area contributed by atoms with E-state index in [4.69, 9.17) is 0 Å². The first-order chi connectivity index (χ1) is 12.6. The van der Waals surface area contributed by atoms with Gasteiger partial charge in [-0.2, -0.15) is 13.2 Å². The number of aromatic amines is 1. The summed E-state index contributed by atoms with van der Waals surface area (Å²) in [7, 11) is -4.08. The van der Waals surface area contributed by atoms with E-state index in [1.807, 2.05) is 0 Å². The molecule has 2 N–H and O–H groups in total. The second-order valence-corrected chi connectivity index (χ2v) is 7.72. The predicted molar refractivity (Wildman–Crippen MR) is 94.7 cm³/mol. The molecule has 0 fully saturated rings. The van der Waals surface area contributed by atoms with Crippen molar-refractivity contribution in [2.45, 2.75) is 24.0 Å². The number of pyridine rings is 1. The summed E-state index contributed by atoms with van der Waals surface area (Å²) in [5, 5.41) is -0.391. The van der Waals surface area contributed by atoms with Crippen LogP contribution in [0.15, 0.2) is 64.3 Å². The average molecular weight is 396 g/mol. The molecule has 1 atom stereocenters. The summed E-state index contributed by atoms with van der Waals surface area (Å²) in [5.74, 6) is 0. The molecule has 0 aliphatic heterocycles. The van der Waals surface area contributed by atoms with Gasteiger partial charge in [-0.1, -0.05) is 30.3 Å². The lowest BCUT2D eigenvalue weighted by Crippen LogP contribution is -2.27. The number of nitrogens with one attached hydrogen (secondary N) is 2. The fourth-order valence-electron chi connectivity index (χ4n) is 2.75. The summed E-state index contributed by atoms with van der Waals surface area (Å²) in [6.45, 7) is 1.63. The molecule has 0 aliphatic rings. The Labute approximate surface area is 152 Å². The molecule has 0 saturated heterocycles. The van der Waals surface area contributed by atoms with E-state index in [1.54, 1.807) is 37.3 Å². The molecule has 0 spiro atoms. The maximum absolute atomic E-state index is 13.2. The van der Waals surface area contributed by atoms with Gasteiger partial charge in [0.1, 0.15) is 0 Å². The lowest BCUT2D eigenvalue weighted by molar-refractivity contribution is -0.136. The van der Waals surface area contributed by atoms with Crippen LogP contribution in [0, 0.1) is 0 Å². The normalized spacial score (nSPS) is 13.6. The molecule has 0 radical (unpaired) electrons. The van der Waals surface area contributed by atoms with Crippen LogP contribution in [0.2, 0.25) is 0 Å². The van der Waals surface area contributed by atoms with Crippen molar-refractivity contribution in [3.8, 4) is 0 Å². The van der Waals surface area contributed by atoms with E-state index in [-0.39, 0.29) is 10.4 Å². The van der Waals surface area contributed by atoms with Gasteiger partial charge >= 0.3 is 6.18 Å². The van der Waals surface area contributed by atoms with Gasteiger partial charge in [-0.15, -0.1) is 0 Å². The summed E-state index contributed by atoms with van der Waals surface area (Å²) < 4.78 is 67.4. The van der Waals surface area contributed by atoms with Gasteiger partial charge in [-0.3, -0.25) is 4.79 Å². The molecule has 0 amide bonds. The molecule has 3 rings (SSSR count). The highest BCUT2D eigenvalue weighted by Crippen LogP contribution is 2.34. The number of sulfonamides is 1. The van der Waals surface area contributed by atoms with Crippen LogP contribution in [0.3, 0.4) is 0 Å². The molecular weight excluding hydrogens is 381 g/mol. The molecule has 2 aromatic carbocycles. The van der Waals surface area contributed by atoms with E-state index in [1.165, 1.54) is 0 Å². The second kappa shape index (κ2) is 6.82. The first-order valence-electron chi connectivity index (χ1n) is 7.89. The number of alkyl halides is 3. The molecule has 0 bridgehead atoms. The Morgan fingerprint density at radius 1 is 1.04 bits per heavy atom. The van der Waals surface area contributed by atoms with Crippen LogP contribution in [-0.4, -0.2) is 13.4 Å². The standard InChI is InChI=1S/C18H15F3N2O3S/c1-11(12-5-3-2-4-6-12)23-27(25,26)13-7-8-16-14(9-13)15(18(19,20)21)10-17(24)22-16/h2-11,23H,1H3,(H,22,24). The van der Waals surface area contributed by atoms with Gasteiger partial charge in [-0.05, 0) is 30.7 Å². The lowest BCUT2D eigenvalue weighted by Gasteiger charge is -2.16. The minimum Gasteiger partial charge on any atom is -0.322 e. The lowest BCUT2D eigenvalue weighted by atomic mass is 10.1. The number of halogens is 3. The average Bonchev–Trinajstić information content (AvgIpc) is 2.60. The van der Waals surface area contributed by atoms with Crippen molar-refractivity contribution in [3.05, 3.63) is 76.1 Å². The van der Waals surface area contributed by atoms with Crippen LogP contribution in [0.5, 0.6) is 0 Å². The van der Waals surface area contributed by atoms with Crippen molar-refractivity contribution in [2.75, 3.05) is 0 Å². The number of hydrogen-bond donors (Lipinski definition) is 2. The highest BCUT2D eigenvalue weighted by molar-refractivity contribution is 7.89. The minimum absolute atomic E-state index is 0.0927. The van der Waals surface area contributed by atoms with E-state index in [2.05, 4.69) is 9.71 Å². The Bertz CT molecular complexity index is 1140. The van der Waals surface area contributed by atoms with Gasteiger partial charge in [0.25, 0.3) is 0 Å². The third kappa shape index (κ3) is 4.04. The molecular formula is C18H15F3N2O3S. The molecule has 3 aromatic rings. The fraction of sp³-hybridized carbons (Fsp3) is 0.167. The van der Waals surface area contributed by atoms with Gasteiger partial charge < -0.3 is 4.98 Å². The van der Waals surface area contributed by atoms with E-state index in [9.17, 15) is 26.4 Å². The van der Waals surface area contributed by atoms with Crippen molar-refractivity contribution in [1.29, 1.82) is 0 Å². The number of benzene rings is 2. The maximum atomic E-state index is 13.2. The van der Waals surface area contributed by atoms with E-state index in [0.717, 1.165) is 18.2 Å². The molecule has 27 heavy (non-hydrogen) atoms. The number of aromatic nitrogens is 1. The quantitative estimate of drug-likeness (QED) is 0.707. The van der Waals surface area contributed by atoms with Gasteiger partial charge in [0.05, 0.1) is 10.5 Å². The van der Waals surface area contributed by atoms with Gasteiger partial charge in [0.2, 0.25) is 15.6 Å². The summed E-state index contributed by atoms with van der Waals surface area (Å²) in [4.78, 5) is 13.4. The first kappa shape index (κ1) is 19.1. The Hall–Kier alpha value is -2.65. The Morgan fingerprint density at radius 2 is 1.70 bits per heavy atom. The van der Waals surface area contributed by atoms with Crippen LogP contribution in [-0.2, 0) is 16.2 Å². The highest BCUT2D eigenvalue weighted by Gasteiger charge is 2.33. The number of H-pyrrole nitrogens is 1. The maximum Gasteiger partial charge on any atom is 0.417 e. The van der Waals surface area contributed by atoms with E-state index < -0.39 is 38.8 Å². The van der Waals surface area contributed by atoms with Crippen molar-refractivity contribution in [2.24, 2.45) is 0 Å². The summed E-state index contributed by atoms with van der Waals surface area (Å²) in [6, 6.07) is 11.8. The Kier molecular flexibility index (Phi) is 4.83. The van der Waals surface area contributed by atoms with Crippen LogP contribution >= 0.6 is 0 Å². The van der Waals surface area contributed by atoms with Gasteiger partial charge in [0, 0.05) is 23.0 Å². The molecule has 1 aromatic heterocycles. The van der Waals surface area contributed by atoms with Crippen LogP contribution in [0.1, 0.15) is 24.1 Å². The van der Waals surface area contributed by atoms with Crippen molar-refractivity contribution < 1.29 is 21.6 Å². The van der Waals surface area contributed by atoms with E-state index >= 15 is 0 Å². The minimum atomic E-state index is -4.79. The summed E-state index contributed by atoms with van der Waals surface area (Å²) >= 11 is 0. The summed E-state index contributed by atoms with van der Waals surface area (Å²) in [6.07, 6.45) is -4.79. The molecule has 9 heteroatoms. The first-order valence-corrected chi connectivity index (χ1v) is 9.38.